The molecule has 2 unspecified atom stereocenters. The van der Waals surface area contributed by atoms with Crippen molar-refractivity contribution in [3.63, 3.8) is 0 Å². The van der Waals surface area contributed by atoms with Gasteiger partial charge in [0.05, 0.1) is 4.88 Å². The second-order valence-electron chi connectivity index (χ2n) is 5.30. The van der Waals surface area contributed by atoms with Crippen molar-refractivity contribution < 1.29 is 14.4 Å². The molecule has 21 heavy (non-hydrogen) atoms. The van der Waals surface area contributed by atoms with E-state index in [1.54, 1.807) is 4.90 Å². The Labute approximate surface area is 128 Å². The molecule has 1 fully saturated rings. The Kier molecular flexibility index (Phi) is 5.12. The summed E-state index contributed by atoms with van der Waals surface area (Å²) in [6.07, 6.45) is 3.36. The van der Waals surface area contributed by atoms with Crippen LogP contribution in [0.15, 0.2) is 12.1 Å². The number of hydrogen-bond acceptors (Lipinski definition) is 4. The van der Waals surface area contributed by atoms with Crippen LogP contribution in [0.5, 0.6) is 0 Å². The zero-order valence-electron chi connectivity index (χ0n) is 12.1. The van der Waals surface area contributed by atoms with Gasteiger partial charge in [0, 0.05) is 17.8 Å². The van der Waals surface area contributed by atoms with Crippen LogP contribution in [0.2, 0.25) is 0 Å². The minimum atomic E-state index is -0.509. The Morgan fingerprint density at radius 1 is 1.52 bits per heavy atom. The van der Waals surface area contributed by atoms with Gasteiger partial charge in [0.2, 0.25) is 11.8 Å². The molecule has 0 radical (unpaired) electrons. The summed E-state index contributed by atoms with van der Waals surface area (Å²) < 4.78 is 0. The first kappa shape index (κ1) is 15.7. The van der Waals surface area contributed by atoms with Crippen molar-refractivity contribution in [3.05, 3.63) is 21.9 Å². The van der Waals surface area contributed by atoms with Crippen molar-refractivity contribution in [1.82, 2.24) is 4.90 Å². The van der Waals surface area contributed by atoms with Gasteiger partial charge in [-0.2, -0.15) is 0 Å². The van der Waals surface area contributed by atoms with E-state index in [2.05, 4.69) is 0 Å². The number of nitrogens with two attached hydrogens (primary N) is 1. The highest BCUT2D eigenvalue weighted by Gasteiger charge is 2.30. The lowest BCUT2D eigenvalue weighted by molar-refractivity contribution is -0.139. The predicted molar refractivity (Wildman–Crippen MR) is 81.3 cm³/mol. The summed E-state index contributed by atoms with van der Waals surface area (Å²) in [6.45, 7) is 2.40. The van der Waals surface area contributed by atoms with Gasteiger partial charge >= 0.3 is 0 Å². The van der Waals surface area contributed by atoms with E-state index in [9.17, 15) is 14.4 Å². The maximum atomic E-state index is 12.2. The van der Waals surface area contributed by atoms with E-state index < -0.39 is 11.9 Å². The zero-order valence-corrected chi connectivity index (χ0v) is 12.9. The van der Waals surface area contributed by atoms with Gasteiger partial charge in [-0.1, -0.05) is 6.92 Å². The molecule has 1 aliphatic rings. The van der Waals surface area contributed by atoms with Gasteiger partial charge in [0.1, 0.15) is 6.04 Å². The third-order valence-electron chi connectivity index (χ3n) is 4.00. The number of carbonyl (C=O) groups is 3. The van der Waals surface area contributed by atoms with Gasteiger partial charge in [-0.3, -0.25) is 14.4 Å². The van der Waals surface area contributed by atoms with Crippen molar-refractivity contribution in [2.75, 3.05) is 6.54 Å². The number of rotatable bonds is 5. The molecular weight excluding hydrogens is 288 g/mol. The van der Waals surface area contributed by atoms with E-state index in [-0.39, 0.29) is 11.8 Å². The van der Waals surface area contributed by atoms with Crippen LogP contribution in [0.4, 0.5) is 0 Å². The molecule has 114 valence electrons. The van der Waals surface area contributed by atoms with Crippen molar-refractivity contribution in [2.24, 2.45) is 5.73 Å². The van der Waals surface area contributed by atoms with E-state index >= 15 is 0 Å². The maximum Gasteiger partial charge on any atom is 0.240 e. The molecule has 0 saturated carbocycles. The number of aldehydes is 1. The molecule has 1 aliphatic heterocycles. The fourth-order valence-corrected chi connectivity index (χ4v) is 3.84. The number of thiophene rings is 1. The summed E-state index contributed by atoms with van der Waals surface area (Å²) in [4.78, 5) is 37.9. The van der Waals surface area contributed by atoms with Gasteiger partial charge in [-0.15, -0.1) is 11.3 Å². The average molecular weight is 308 g/mol. The first-order chi connectivity index (χ1) is 10.1. The topological polar surface area (TPSA) is 80.5 Å². The van der Waals surface area contributed by atoms with Crippen molar-refractivity contribution >= 4 is 29.4 Å². The van der Waals surface area contributed by atoms with Crippen LogP contribution in [0.3, 0.4) is 0 Å². The Balaban J connectivity index is 2.11. The molecule has 0 aliphatic carbocycles. The first-order valence-electron chi connectivity index (χ1n) is 7.20. The van der Waals surface area contributed by atoms with Crippen LogP contribution in [0, 0.1) is 0 Å². The molecular formula is C15H20N2O3S. The van der Waals surface area contributed by atoms with Crippen LogP contribution >= 0.6 is 11.3 Å². The van der Waals surface area contributed by atoms with E-state index in [1.165, 1.54) is 11.3 Å². The van der Waals surface area contributed by atoms with E-state index in [4.69, 9.17) is 5.73 Å². The van der Waals surface area contributed by atoms with Crippen LogP contribution < -0.4 is 5.73 Å². The Hall–Kier alpha value is -1.69. The lowest BCUT2D eigenvalue weighted by Gasteiger charge is -2.27. The highest BCUT2D eigenvalue weighted by Crippen LogP contribution is 2.33. The van der Waals surface area contributed by atoms with Crippen molar-refractivity contribution in [3.8, 4) is 0 Å². The van der Waals surface area contributed by atoms with Gasteiger partial charge in [0.25, 0.3) is 0 Å². The molecule has 0 aromatic carbocycles. The van der Waals surface area contributed by atoms with Gasteiger partial charge in [-0.05, 0) is 37.3 Å². The molecule has 2 amide bonds. The molecule has 0 bridgehead atoms. The second-order valence-corrected chi connectivity index (χ2v) is 6.44. The largest absolute Gasteiger partial charge is 0.368 e. The van der Waals surface area contributed by atoms with Gasteiger partial charge in [0.15, 0.2) is 6.29 Å². The SMILES string of the molecule is CCC(C(N)=O)N1CCC(c2ccc(C=O)s2)CCC1=O. The minimum Gasteiger partial charge on any atom is -0.368 e. The summed E-state index contributed by atoms with van der Waals surface area (Å²) in [7, 11) is 0. The summed E-state index contributed by atoms with van der Waals surface area (Å²) >= 11 is 1.48. The second kappa shape index (κ2) is 6.85. The number of amides is 2. The lowest BCUT2D eigenvalue weighted by Crippen LogP contribution is -2.47. The summed E-state index contributed by atoms with van der Waals surface area (Å²) in [6, 6.07) is 3.27. The van der Waals surface area contributed by atoms with Crippen molar-refractivity contribution in [1.29, 1.82) is 0 Å². The molecule has 6 heteroatoms. The lowest BCUT2D eigenvalue weighted by atomic mass is 9.99. The normalized spacial score (nSPS) is 20.9. The van der Waals surface area contributed by atoms with Crippen LogP contribution in [0.25, 0.3) is 0 Å². The number of primary amides is 1. The molecule has 2 N–H and O–H groups in total. The van der Waals surface area contributed by atoms with Crippen molar-refractivity contribution in [2.45, 2.75) is 44.6 Å². The number of likely N-dealkylation sites (tertiary alicyclic amines) is 1. The monoisotopic (exact) mass is 308 g/mol. The number of nitrogens with zero attached hydrogens (tertiary/aromatic N) is 1. The summed E-state index contributed by atoms with van der Waals surface area (Å²) in [5.74, 6) is -0.179. The Morgan fingerprint density at radius 3 is 2.86 bits per heavy atom. The summed E-state index contributed by atoms with van der Waals surface area (Å²) in [5.41, 5.74) is 5.39. The number of hydrogen-bond donors (Lipinski definition) is 1. The molecule has 1 aromatic heterocycles. The average Bonchev–Trinajstić information content (AvgIpc) is 2.86. The van der Waals surface area contributed by atoms with E-state index in [0.717, 1.165) is 24.0 Å². The van der Waals surface area contributed by atoms with Crippen LogP contribution in [0.1, 0.15) is 53.1 Å². The molecule has 2 rings (SSSR count). The quantitative estimate of drug-likeness (QED) is 0.844. The zero-order chi connectivity index (χ0) is 15.4. The van der Waals surface area contributed by atoms with E-state index in [0.29, 0.717) is 24.3 Å². The Morgan fingerprint density at radius 2 is 2.29 bits per heavy atom. The molecule has 2 heterocycles. The highest BCUT2D eigenvalue weighted by molar-refractivity contribution is 7.13. The maximum absolute atomic E-state index is 12.2. The standard InChI is InChI=1S/C15H20N2O3S/c1-2-12(15(16)20)17-8-7-10(3-6-14(17)19)13-5-4-11(9-18)21-13/h4-5,9-10,12H,2-3,6-8H2,1H3,(H2,16,20). The number of carbonyl (C=O) groups excluding carboxylic acids is 3. The molecule has 1 saturated heterocycles. The fourth-order valence-electron chi connectivity index (χ4n) is 2.85. The Bertz CT molecular complexity index is 541. The fraction of sp³-hybridized carbons (Fsp3) is 0.533. The van der Waals surface area contributed by atoms with Gasteiger partial charge < -0.3 is 10.6 Å². The molecule has 0 spiro atoms. The van der Waals surface area contributed by atoms with E-state index in [1.807, 2.05) is 19.1 Å². The predicted octanol–water partition coefficient (Wildman–Crippen LogP) is 1.92. The van der Waals surface area contributed by atoms with Crippen LogP contribution in [-0.4, -0.2) is 35.6 Å². The smallest absolute Gasteiger partial charge is 0.240 e. The minimum absolute atomic E-state index is 0.00434. The molecule has 5 nitrogen and oxygen atoms in total. The van der Waals surface area contributed by atoms with Gasteiger partial charge in [-0.25, -0.2) is 0 Å². The first-order valence-corrected chi connectivity index (χ1v) is 8.02. The molecule has 1 aromatic rings. The molecule has 2 atom stereocenters. The third-order valence-corrected chi connectivity index (χ3v) is 5.18. The summed E-state index contributed by atoms with van der Waals surface area (Å²) in [5, 5.41) is 0. The third kappa shape index (κ3) is 3.50. The van der Waals surface area contributed by atoms with Crippen LogP contribution in [-0.2, 0) is 9.59 Å². The highest BCUT2D eigenvalue weighted by atomic mass is 32.1.